The van der Waals surface area contributed by atoms with Gasteiger partial charge in [0.1, 0.15) is 11.4 Å². The lowest BCUT2D eigenvalue weighted by Gasteiger charge is -2.34. The minimum Gasteiger partial charge on any atom is -0.465 e. The number of amides is 2. The third-order valence-corrected chi connectivity index (χ3v) is 8.19. The molecule has 2 N–H and O–H groups in total. The topological polar surface area (TPSA) is 119 Å². The number of amidine groups is 1. The number of hydrogen-bond acceptors (Lipinski definition) is 5. The molecule has 9 nitrogen and oxygen atoms in total. The molecule has 1 unspecified atom stereocenters. The molecule has 162 valence electrons. The maximum absolute atomic E-state index is 12.9. The van der Waals surface area contributed by atoms with Gasteiger partial charge in [-0.2, -0.15) is 4.31 Å². The second-order valence-corrected chi connectivity index (χ2v) is 10.3. The number of carbonyl (C=O) groups is 2. The van der Waals surface area contributed by atoms with Crippen molar-refractivity contribution in [2.75, 3.05) is 26.2 Å². The van der Waals surface area contributed by atoms with Gasteiger partial charge in [0, 0.05) is 37.1 Å². The van der Waals surface area contributed by atoms with E-state index in [0.29, 0.717) is 30.4 Å². The standard InChI is InChI=1S/C19H23ClN4O5S/c20-14-4-1-5-15(11-14)30(28,29)24-9-6-19(7-10-24)17(25)21-16(22-19)13-3-2-8-23(12-13)18(26)27/h1,4-5,11,13H,2-3,6-10,12H2,(H,26,27)(H,21,22,25). The van der Waals surface area contributed by atoms with Gasteiger partial charge in [0.15, 0.2) is 0 Å². The number of rotatable bonds is 3. The summed E-state index contributed by atoms with van der Waals surface area (Å²) in [4.78, 5) is 30.2. The van der Waals surface area contributed by atoms with Crippen molar-refractivity contribution in [2.24, 2.45) is 10.9 Å². The Kier molecular flexibility index (Phi) is 5.50. The van der Waals surface area contributed by atoms with E-state index < -0.39 is 21.7 Å². The van der Waals surface area contributed by atoms with Gasteiger partial charge in [-0.25, -0.2) is 13.2 Å². The minimum atomic E-state index is -3.70. The number of sulfonamides is 1. The van der Waals surface area contributed by atoms with Crippen LogP contribution in [0.1, 0.15) is 25.7 Å². The lowest BCUT2D eigenvalue weighted by atomic mass is 9.89. The molecule has 1 atom stereocenters. The molecule has 1 aromatic rings. The molecule has 0 aromatic heterocycles. The Morgan fingerprint density at radius 3 is 2.67 bits per heavy atom. The van der Waals surface area contributed by atoms with E-state index in [1.54, 1.807) is 12.1 Å². The summed E-state index contributed by atoms with van der Waals surface area (Å²) in [6.45, 7) is 1.13. The van der Waals surface area contributed by atoms with E-state index >= 15 is 0 Å². The first kappa shape index (κ1) is 21.1. The molecule has 1 spiro atoms. The Morgan fingerprint density at radius 2 is 2.00 bits per heavy atom. The highest BCUT2D eigenvalue weighted by atomic mass is 35.5. The minimum absolute atomic E-state index is 0.127. The van der Waals surface area contributed by atoms with Crippen LogP contribution >= 0.6 is 11.6 Å². The fraction of sp³-hybridized carbons (Fsp3) is 0.526. The van der Waals surface area contributed by atoms with Gasteiger partial charge in [0.05, 0.1) is 4.90 Å². The molecule has 3 aliphatic heterocycles. The van der Waals surface area contributed by atoms with E-state index in [1.807, 2.05) is 0 Å². The number of halogens is 1. The van der Waals surface area contributed by atoms with Crippen LogP contribution in [0.4, 0.5) is 4.79 Å². The quantitative estimate of drug-likeness (QED) is 0.721. The van der Waals surface area contributed by atoms with Gasteiger partial charge in [-0.15, -0.1) is 0 Å². The molecule has 0 saturated carbocycles. The zero-order valence-electron chi connectivity index (χ0n) is 16.3. The molecule has 2 fully saturated rings. The molecule has 11 heteroatoms. The molecule has 1 aromatic carbocycles. The molecular weight excluding hydrogens is 432 g/mol. The fourth-order valence-electron chi connectivity index (χ4n) is 4.32. The molecule has 4 rings (SSSR count). The highest BCUT2D eigenvalue weighted by molar-refractivity contribution is 7.89. The van der Waals surface area contributed by atoms with E-state index in [4.69, 9.17) is 11.6 Å². The van der Waals surface area contributed by atoms with E-state index in [2.05, 4.69) is 10.3 Å². The summed E-state index contributed by atoms with van der Waals surface area (Å²) in [5, 5.41) is 12.4. The van der Waals surface area contributed by atoms with Crippen LogP contribution < -0.4 is 5.32 Å². The normalized spacial score (nSPS) is 24.6. The predicted octanol–water partition coefficient (Wildman–Crippen LogP) is 1.78. The van der Waals surface area contributed by atoms with Crippen molar-refractivity contribution in [3.05, 3.63) is 29.3 Å². The van der Waals surface area contributed by atoms with Crippen LogP contribution in [0.15, 0.2) is 34.2 Å². The molecule has 2 amide bonds. The first-order valence-electron chi connectivity index (χ1n) is 9.86. The number of carboxylic acid groups (broad SMARTS) is 1. The van der Waals surface area contributed by atoms with Crippen LogP contribution in [0, 0.1) is 5.92 Å². The van der Waals surface area contributed by atoms with Crippen molar-refractivity contribution < 1.29 is 23.1 Å². The molecule has 30 heavy (non-hydrogen) atoms. The number of nitrogens with one attached hydrogen (secondary N) is 1. The zero-order valence-corrected chi connectivity index (χ0v) is 17.8. The van der Waals surface area contributed by atoms with Gasteiger partial charge >= 0.3 is 6.09 Å². The van der Waals surface area contributed by atoms with Crippen LogP contribution in [0.5, 0.6) is 0 Å². The summed E-state index contributed by atoms with van der Waals surface area (Å²) in [6.07, 6.45) is 1.05. The van der Waals surface area contributed by atoms with Crippen LogP contribution in [-0.2, 0) is 14.8 Å². The van der Waals surface area contributed by atoms with Crippen LogP contribution in [-0.4, -0.2) is 72.3 Å². The first-order chi connectivity index (χ1) is 14.2. The molecule has 3 aliphatic rings. The summed E-state index contributed by atoms with van der Waals surface area (Å²) < 4.78 is 27.2. The Balaban J connectivity index is 1.48. The molecule has 0 radical (unpaired) electrons. The highest BCUT2D eigenvalue weighted by Gasteiger charge is 2.48. The van der Waals surface area contributed by atoms with Gasteiger partial charge in [-0.3, -0.25) is 9.79 Å². The number of piperidine rings is 2. The Hall–Kier alpha value is -2.17. The zero-order chi connectivity index (χ0) is 21.5. The maximum atomic E-state index is 12.9. The van der Waals surface area contributed by atoms with Crippen LogP contribution in [0.2, 0.25) is 5.02 Å². The second-order valence-electron chi connectivity index (χ2n) is 7.91. The molecule has 3 heterocycles. The fourth-order valence-corrected chi connectivity index (χ4v) is 6.06. The average Bonchev–Trinajstić information content (AvgIpc) is 3.04. The van der Waals surface area contributed by atoms with Gasteiger partial charge in [-0.1, -0.05) is 17.7 Å². The Bertz CT molecular complexity index is 1000. The van der Waals surface area contributed by atoms with Crippen molar-refractivity contribution in [3.63, 3.8) is 0 Å². The van der Waals surface area contributed by atoms with Crippen molar-refractivity contribution in [1.82, 2.24) is 14.5 Å². The SMILES string of the molecule is O=C(O)N1CCCC(C2=NC3(CCN(S(=O)(=O)c4cccc(Cl)c4)CC3)C(=O)N2)C1. The first-order valence-corrected chi connectivity index (χ1v) is 11.7. The predicted molar refractivity (Wildman–Crippen MR) is 110 cm³/mol. The Morgan fingerprint density at radius 1 is 1.27 bits per heavy atom. The summed E-state index contributed by atoms with van der Waals surface area (Å²) in [5.74, 6) is 0.147. The number of hydrogen-bond donors (Lipinski definition) is 2. The molecule has 2 saturated heterocycles. The summed E-state index contributed by atoms with van der Waals surface area (Å²) >= 11 is 5.93. The average molecular weight is 455 g/mol. The van der Waals surface area contributed by atoms with Gasteiger partial charge in [0.25, 0.3) is 5.91 Å². The third kappa shape index (κ3) is 3.79. The Labute approximate surface area is 179 Å². The largest absolute Gasteiger partial charge is 0.465 e. The van der Waals surface area contributed by atoms with E-state index in [9.17, 15) is 23.1 Å². The van der Waals surface area contributed by atoms with E-state index in [0.717, 1.165) is 6.42 Å². The lowest BCUT2D eigenvalue weighted by molar-refractivity contribution is -0.125. The summed E-state index contributed by atoms with van der Waals surface area (Å²) in [7, 11) is -3.70. The second kappa shape index (κ2) is 7.82. The number of benzene rings is 1. The van der Waals surface area contributed by atoms with E-state index in [1.165, 1.54) is 21.3 Å². The lowest BCUT2D eigenvalue weighted by Crippen LogP contribution is -2.50. The number of aliphatic imine (C=N–C) groups is 1. The van der Waals surface area contributed by atoms with Crippen molar-refractivity contribution in [2.45, 2.75) is 36.1 Å². The van der Waals surface area contributed by atoms with Gasteiger partial charge < -0.3 is 15.3 Å². The number of nitrogens with zero attached hydrogens (tertiary/aromatic N) is 3. The number of carbonyl (C=O) groups excluding carboxylic acids is 1. The highest BCUT2D eigenvalue weighted by Crippen LogP contribution is 2.34. The van der Waals surface area contributed by atoms with Crippen molar-refractivity contribution in [1.29, 1.82) is 0 Å². The van der Waals surface area contributed by atoms with Crippen molar-refractivity contribution >= 4 is 39.5 Å². The summed E-state index contributed by atoms with van der Waals surface area (Å²) in [5.41, 5.74) is -0.985. The summed E-state index contributed by atoms with van der Waals surface area (Å²) in [6, 6.07) is 6.12. The maximum Gasteiger partial charge on any atom is 0.407 e. The van der Waals surface area contributed by atoms with Gasteiger partial charge in [0.2, 0.25) is 10.0 Å². The third-order valence-electron chi connectivity index (χ3n) is 6.06. The van der Waals surface area contributed by atoms with Crippen LogP contribution in [0.25, 0.3) is 0 Å². The van der Waals surface area contributed by atoms with Crippen molar-refractivity contribution in [3.8, 4) is 0 Å². The monoisotopic (exact) mass is 454 g/mol. The molecule has 0 aliphatic carbocycles. The smallest absolute Gasteiger partial charge is 0.407 e. The molecular formula is C19H23ClN4O5S. The molecule has 0 bridgehead atoms. The van der Waals surface area contributed by atoms with Gasteiger partial charge in [-0.05, 0) is 43.9 Å². The van der Waals surface area contributed by atoms with E-state index in [-0.39, 0.29) is 42.7 Å². The van der Waals surface area contributed by atoms with Crippen LogP contribution in [0.3, 0.4) is 0 Å². The number of likely N-dealkylation sites (tertiary alicyclic amines) is 1.